The first-order chi connectivity index (χ1) is 14.5. The highest BCUT2D eigenvalue weighted by Gasteiger charge is 2.55. The van der Waals surface area contributed by atoms with E-state index in [4.69, 9.17) is 22.1 Å². The molecule has 0 radical (unpaired) electrons. The number of carbonyl (C=O) groups is 2. The van der Waals surface area contributed by atoms with Crippen LogP contribution in [0.4, 0.5) is 4.79 Å². The number of nitrogens with two attached hydrogens (primary N) is 1. The Morgan fingerprint density at radius 2 is 1.77 bits per heavy atom. The predicted molar refractivity (Wildman–Crippen MR) is 112 cm³/mol. The fourth-order valence-electron chi connectivity index (χ4n) is 3.43. The normalized spacial score (nSPS) is 21.5. The molecule has 4 N–H and O–H groups in total. The molecule has 0 bridgehead atoms. The van der Waals surface area contributed by atoms with Crippen molar-refractivity contribution in [2.75, 3.05) is 13.1 Å². The highest BCUT2D eigenvalue weighted by atomic mass is 35.5. The summed E-state index contributed by atoms with van der Waals surface area (Å²) in [7, 11) is -4.23. The number of amides is 2. The van der Waals surface area contributed by atoms with Crippen molar-refractivity contribution in [3.63, 3.8) is 0 Å². The third-order valence-electron chi connectivity index (χ3n) is 5.15. The third-order valence-corrected chi connectivity index (χ3v) is 7.71. The second kappa shape index (κ2) is 8.74. The van der Waals surface area contributed by atoms with Gasteiger partial charge < -0.3 is 25.6 Å². The number of rotatable bonds is 6. The molecule has 2 atom stereocenters. The van der Waals surface area contributed by atoms with E-state index in [0.29, 0.717) is 10.8 Å². The molecule has 1 saturated heterocycles. The van der Waals surface area contributed by atoms with Gasteiger partial charge in [0.05, 0.1) is 11.4 Å². The van der Waals surface area contributed by atoms with Gasteiger partial charge in [-0.1, -0.05) is 23.7 Å². The standard InChI is InChI=1S/C20H21ClN2O7S/c21-14-3-1-13(2-4-14)11-30-15-5-7-16(8-6-15)31(28,29)17-9-10-23(19(22)26)12-20(17,27)18(24)25/h1-8,17,27H,9-12H2,(H2,22,26)(H,24,25). The number of hydrogen-bond acceptors (Lipinski definition) is 6. The van der Waals surface area contributed by atoms with E-state index < -0.39 is 39.2 Å². The molecular formula is C20H21ClN2O7S. The Balaban J connectivity index is 1.78. The first-order valence-corrected chi connectivity index (χ1v) is 11.2. The van der Waals surface area contributed by atoms with E-state index in [9.17, 15) is 28.2 Å². The summed E-state index contributed by atoms with van der Waals surface area (Å²) in [6.07, 6.45) is -0.275. The minimum Gasteiger partial charge on any atom is -0.489 e. The van der Waals surface area contributed by atoms with Gasteiger partial charge in [-0.15, -0.1) is 0 Å². The number of benzene rings is 2. The van der Waals surface area contributed by atoms with Crippen LogP contribution in [-0.2, 0) is 21.2 Å². The first-order valence-electron chi connectivity index (χ1n) is 9.25. The monoisotopic (exact) mass is 468 g/mol. The fourth-order valence-corrected chi connectivity index (χ4v) is 5.50. The third kappa shape index (κ3) is 4.76. The van der Waals surface area contributed by atoms with Crippen molar-refractivity contribution >= 4 is 33.4 Å². The molecule has 1 aliphatic rings. The molecule has 0 spiro atoms. The van der Waals surface area contributed by atoms with Crippen molar-refractivity contribution in [2.45, 2.75) is 28.8 Å². The number of ether oxygens (including phenoxy) is 1. The second-order valence-electron chi connectivity index (χ2n) is 7.20. The number of aliphatic carboxylic acids is 1. The van der Waals surface area contributed by atoms with Crippen LogP contribution in [0.15, 0.2) is 53.4 Å². The fraction of sp³-hybridized carbons (Fsp3) is 0.300. The van der Waals surface area contributed by atoms with Gasteiger partial charge in [-0.3, -0.25) is 0 Å². The highest BCUT2D eigenvalue weighted by Crippen LogP contribution is 2.33. The summed E-state index contributed by atoms with van der Waals surface area (Å²) in [5.41, 5.74) is 3.35. The Hall–Kier alpha value is -2.82. The lowest BCUT2D eigenvalue weighted by Crippen LogP contribution is -2.65. The summed E-state index contributed by atoms with van der Waals surface area (Å²) >= 11 is 5.84. The van der Waals surface area contributed by atoms with E-state index in [1.54, 1.807) is 24.3 Å². The van der Waals surface area contributed by atoms with Crippen LogP contribution in [0.25, 0.3) is 0 Å². The maximum Gasteiger partial charge on any atom is 0.338 e. The van der Waals surface area contributed by atoms with E-state index in [1.807, 2.05) is 0 Å². The summed E-state index contributed by atoms with van der Waals surface area (Å²) in [5.74, 6) is -1.33. The average Bonchev–Trinajstić information content (AvgIpc) is 2.73. The predicted octanol–water partition coefficient (Wildman–Crippen LogP) is 1.66. The number of nitrogens with zero attached hydrogens (tertiary/aromatic N) is 1. The largest absolute Gasteiger partial charge is 0.489 e. The van der Waals surface area contributed by atoms with E-state index in [2.05, 4.69) is 0 Å². The van der Waals surface area contributed by atoms with Crippen LogP contribution in [0.5, 0.6) is 5.75 Å². The zero-order valence-electron chi connectivity index (χ0n) is 16.3. The number of likely N-dealkylation sites (tertiary alicyclic amines) is 1. The molecule has 11 heteroatoms. The number of carboxylic acid groups (broad SMARTS) is 1. The number of aliphatic hydroxyl groups is 1. The Labute approximate surface area is 183 Å². The number of piperidine rings is 1. The molecule has 1 aliphatic heterocycles. The molecule has 0 aliphatic carbocycles. The molecule has 1 heterocycles. The zero-order chi connectivity index (χ0) is 22.8. The minimum absolute atomic E-state index is 0.0862. The van der Waals surface area contributed by atoms with Gasteiger partial charge in [0, 0.05) is 11.6 Å². The number of halogens is 1. The van der Waals surface area contributed by atoms with Gasteiger partial charge in [-0.2, -0.15) is 0 Å². The van der Waals surface area contributed by atoms with Crippen LogP contribution in [0.2, 0.25) is 5.02 Å². The van der Waals surface area contributed by atoms with Crippen molar-refractivity contribution in [1.82, 2.24) is 4.90 Å². The summed E-state index contributed by atoms with van der Waals surface area (Å²) in [4.78, 5) is 23.8. The number of hydrogen-bond donors (Lipinski definition) is 3. The smallest absolute Gasteiger partial charge is 0.338 e. The Bertz CT molecular complexity index is 1070. The molecule has 166 valence electrons. The van der Waals surface area contributed by atoms with Crippen molar-refractivity contribution in [1.29, 1.82) is 0 Å². The number of carboxylic acids is 1. The maximum atomic E-state index is 13.1. The molecule has 0 saturated carbocycles. The number of sulfone groups is 1. The molecule has 2 amide bonds. The molecule has 31 heavy (non-hydrogen) atoms. The topological polar surface area (TPSA) is 147 Å². The highest BCUT2D eigenvalue weighted by molar-refractivity contribution is 7.92. The van der Waals surface area contributed by atoms with E-state index >= 15 is 0 Å². The SMILES string of the molecule is NC(=O)N1CCC(S(=O)(=O)c2ccc(OCc3ccc(Cl)cc3)cc2)C(O)(C(=O)O)C1. The van der Waals surface area contributed by atoms with Crippen LogP contribution >= 0.6 is 11.6 Å². The van der Waals surface area contributed by atoms with E-state index in [-0.39, 0.29) is 24.5 Å². The van der Waals surface area contributed by atoms with E-state index in [0.717, 1.165) is 10.5 Å². The maximum absolute atomic E-state index is 13.1. The van der Waals surface area contributed by atoms with Gasteiger partial charge in [0.25, 0.3) is 0 Å². The lowest BCUT2D eigenvalue weighted by atomic mass is 9.92. The molecule has 2 aromatic rings. The molecule has 9 nitrogen and oxygen atoms in total. The minimum atomic E-state index is -4.23. The summed E-state index contributed by atoms with van der Waals surface area (Å²) < 4.78 is 31.8. The van der Waals surface area contributed by atoms with Crippen LogP contribution in [0.3, 0.4) is 0 Å². The van der Waals surface area contributed by atoms with Gasteiger partial charge in [0.1, 0.15) is 17.6 Å². The van der Waals surface area contributed by atoms with Gasteiger partial charge in [-0.25, -0.2) is 18.0 Å². The van der Waals surface area contributed by atoms with Gasteiger partial charge in [0.15, 0.2) is 15.4 Å². The number of β-amino-alcohol motifs (C(OH)–C–C–N with tert-alkyl or cyclic N) is 1. The zero-order valence-corrected chi connectivity index (χ0v) is 17.8. The lowest BCUT2D eigenvalue weighted by molar-refractivity contribution is -0.162. The van der Waals surface area contributed by atoms with Crippen LogP contribution < -0.4 is 10.5 Å². The molecule has 1 fully saturated rings. The quantitative estimate of drug-likeness (QED) is 0.584. The van der Waals surface area contributed by atoms with Crippen molar-refractivity contribution in [3.05, 3.63) is 59.1 Å². The molecule has 2 unspecified atom stereocenters. The van der Waals surface area contributed by atoms with Gasteiger partial charge >= 0.3 is 12.0 Å². The lowest BCUT2D eigenvalue weighted by Gasteiger charge is -2.40. The Kier molecular flexibility index (Phi) is 6.44. The van der Waals surface area contributed by atoms with Gasteiger partial charge in [0.2, 0.25) is 0 Å². The van der Waals surface area contributed by atoms with Crippen molar-refractivity contribution in [2.24, 2.45) is 5.73 Å². The van der Waals surface area contributed by atoms with Gasteiger partial charge in [-0.05, 0) is 48.4 Å². The van der Waals surface area contributed by atoms with Crippen LogP contribution in [0, 0.1) is 0 Å². The number of primary amides is 1. The Morgan fingerprint density at radius 3 is 2.32 bits per heavy atom. The number of carbonyl (C=O) groups excluding carboxylic acids is 1. The summed E-state index contributed by atoms with van der Waals surface area (Å²) in [5, 5.41) is 19.1. The summed E-state index contributed by atoms with van der Waals surface area (Å²) in [6, 6.07) is 11.6. The van der Waals surface area contributed by atoms with Crippen LogP contribution in [0.1, 0.15) is 12.0 Å². The average molecular weight is 469 g/mol. The van der Waals surface area contributed by atoms with Crippen molar-refractivity contribution in [3.8, 4) is 5.75 Å². The van der Waals surface area contributed by atoms with Crippen molar-refractivity contribution < 1.29 is 33.0 Å². The second-order valence-corrected chi connectivity index (χ2v) is 9.76. The van der Waals surface area contributed by atoms with E-state index in [1.165, 1.54) is 24.3 Å². The summed E-state index contributed by atoms with van der Waals surface area (Å²) in [6.45, 7) is -0.561. The molecule has 2 aromatic carbocycles. The van der Waals surface area contributed by atoms with Crippen LogP contribution in [-0.4, -0.2) is 59.5 Å². The molecular weight excluding hydrogens is 448 g/mol. The first kappa shape index (κ1) is 22.9. The number of urea groups is 1. The Morgan fingerprint density at radius 1 is 1.16 bits per heavy atom. The molecule has 0 aromatic heterocycles. The molecule has 3 rings (SSSR count).